The molecule has 1 N–H and O–H groups in total. The first-order valence-corrected chi connectivity index (χ1v) is 10.4. The van der Waals surface area contributed by atoms with E-state index in [4.69, 9.17) is 11.6 Å². The summed E-state index contributed by atoms with van der Waals surface area (Å²) in [5.74, 6) is -1.34. The molecule has 0 bridgehead atoms. The van der Waals surface area contributed by atoms with Crippen LogP contribution in [0.25, 0.3) is 5.76 Å². The lowest BCUT2D eigenvalue weighted by Crippen LogP contribution is -2.30. The molecule has 3 rings (SSSR count). The number of halogens is 1. The molecule has 1 atom stereocenters. The van der Waals surface area contributed by atoms with Crippen LogP contribution >= 0.6 is 11.6 Å². The van der Waals surface area contributed by atoms with E-state index in [0.717, 1.165) is 36.8 Å². The molecule has 1 saturated heterocycles. The van der Waals surface area contributed by atoms with Gasteiger partial charge in [0.1, 0.15) is 5.76 Å². The van der Waals surface area contributed by atoms with Crippen LogP contribution in [-0.4, -0.2) is 28.2 Å². The number of likely N-dealkylation sites (tertiary alicyclic amines) is 1. The minimum atomic E-state index is -0.640. The molecule has 2 aromatic rings. The zero-order valence-corrected chi connectivity index (χ0v) is 17.6. The number of amides is 1. The van der Waals surface area contributed by atoms with E-state index in [1.54, 1.807) is 41.3 Å². The Kier molecular flexibility index (Phi) is 6.75. The molecule has 4 nitrogen and oxygen atoms in total. The molecule has 29 heavy (non-hydrogen) atoms. The van der Waals surface area contributed by atoms with Crippen LogP contribution in [-0.2, 0) is 9.59 Å². The number of carbonyl (C=O) groups excluding carboxylic acids is 2. The van der Waals surface area contributed by atoms with Crippen LogP contribution in [0.15, 0.2) is 54.1 Å². The molecule has 0 unspecified atom stereocenters. The van der Waals surface area contributed by atoms with Gasteiger partial charge in [0.15, 0.2) is 0 Å². The molecule has 1 heterocycles. The van der Waals surface area contributed by atoms with Crippen molar-refractivity contribution >= 4 is 29.1 Å². The molecule has 2 aromatic carbocycles. The van der Waals surface area contributed by atoms with Gasteiger partial charge in [-0.25, -0.2) is 0 Å². The van der Waals surface area contributed by atoms with E-state index in [1.807, 2.05) is 19.1 Å². The lowest BCUT2D eigenvalue weighted by molar-refractivity contribution is -0.139. The number of aliphatic hydroxyl groups excluding tert-OH is 1. The first kappa shape index (κ1) is 21.1. The summed E-state index contributed by atoms with van der Waals surface area (Å²) in [7, 11) is 0. The Balaban J connectivity index is 2.05. The van der Waals surface area contributed by atoms with E-state index in [0.29, 0.717) is 17.1 Å². The fourth-order valence-corrected chi connectivity index (χ4v) is 3.80. The average Bonchev–Trinajstić information content (AvgIpc) is 2.96. The molecular weight excluding hydrogens is 386 g/mol. The van der Waals surface area contributed by atoms with Crippen molar-refractivity contribution < 1.29 is 14.7 Å². The summed E-state index contributed by atoms with van der Waals surface area (Å²) in [5.41, 5.74) is 2.47. The normalized spacial score (nSPS) is 18.4. The van der Waals surface area contributed by atoms with Crippen molar-refractivity contribution in [2.24, 2.45) is 0 Å². The van der Waals surface area contributed by atoms with Crippen LogP contribution < -0.4 is 0 Å². The number of aryl methyl sites for hydroxylation is 1. The van der Waals surface area contributed by atoms with Crippen molar-refractivity contribution in [3.8, 4) is 0 Å². The van der Waals surface area contributed by atoms with Crippen molar-refractivity contribution in [3.63, 3.8) is 0 Å². The molecule has 0 aliphatic carbocycles. The predicted molar refractivity (Wildman–Crippen MR) is 116 cm³/mol. The Morgan fingerprint density at radius 3 is 2.28 bits per heavy atom. The predicted octanol–water partition coefficient (Wildman–Crippen LogP) is 5.65. The van der Waals surface area contributed by atoms with Crippen LogP contribution in [0.2, 0.25) is 5.02 Å². The van der Waals surface area contributed by atoms with Crippen molar-refractivity contribution in [3.05, 3.63) is 75.8 Å². The third kappa shape index (κ3) is 4.54. The summed E-state index contributed by atoms with van der Waals surface area (Å²) in [5, 5.41) is 11.5. The maximum Gasteiger partial charge on any atom is 0.295 e. The summed E-state index contributed by atoms with van der Waals surface area (Å²) < 4.78 is 0. The lowest BCUT2D eigenvalue weighted by Gasteiger charge is -2.25. The Labute approximate surface area is 176 Å². The van der Waals surface area contributed by atoms with Gasteiger partial charge < -0.3 is 10.0 Å². The van der Waals surface area contributed by atoms with Gasteiger partial charge in [-0.3, -0.25) is 9.59 Å². The minimum Gasteiger partial charge on any atom is -0.507 e. The monoisotopic (exact) mass is 411 g/mol. The third-order valence-corrected chi connectivity index (χ3v) is 5.56. The Morgan fingerprint density at radius 1 is 1.00 bits per heavy atom. The fraction of sp³-hybridized carbons (Fsp3) is 0.333. The molecule has 1 aliphatic rings. The number of unbranched alkanes of at least 4 members (excludes halogenated alkanes) is 3. The zero-order chi connectivity index (χ0) is 21.0. The molecule has 152 valence electrons. The Hall–Kier alpha value is -2.59. The molecule has 0 radical (unpaired) electrons. The molecule has 0 saturated carbocycles. The van der Waals surface area contributed by atoms with Gasteiger partial charge in [-0.15, -0.1) is 0 Å². The molecule has 0 aromatic heterocycles. The summed E-state index contributed by atoms with van der Waals surface area (Å²) in [6, 6.07) is 13.7. The van der Waals surface area contributed by atoms with Crippen molar-refractivity contribution in [1.29, 1.82) is 0 Å². The Bertz CT molecular complexity index is 916. The van der Waals surface area contributed by atoms with E-state index < -0.39 is 17.7 Å². The molecule has 1 fully saturated rings. The standard InChI is InChI=1S/C24H26ClNO3/c1-3-4-5-6-15-26-21(17-11-13-19(25)14-12-17)20(23(28)24(26)29)22(27)18-9-7-16(2)8-10-18/h7-14,21,27H,3-6,15H2,1-2H3/b22-20+/t21-/m0/s1. The van der Waals surface area contributed by atoms with Crippen LogP contribution in [0.5, 0.6) is 0 Å². The van der Waals surface area contributed by atoms with Gasteiger partial charge in [0.2, 0.25) is 0 Å². The molecule has 0 spiro atoms. The van der Waals surface area contributed by atoms with Crippen LogP contribution in [0.1, 0.15) is 55.3 Å². The molecule has 5 heteroatoms. The molecule has 1 amide bonds. The van der Waals surface area contributed by atoms with Gasteiger partial charge >= 0.3 is 0 Å². The fourth-order valence-electron chi connectivity index (χ4n) is 3.68. The third-order valence-electron chi connectivity index (χ3n) is 5.30. The van der Waals surface area contributed by atoms with Gasteiger partial charge in [0.25, 0.3) is 11.7 Å². The second kappa shape index (κ2) is 9.27. The number of hydrogen-bond acceptors (Lipinski definition) is 3. The first-order valence-electron chi connectivity index (χ1n) is 10.0. The van der Waals surface area contributed by atoms with Gasteiger partial charge in [-0.1, -0.05) is 79.7 Å². The van der Waals surface area contributed by atoms with E-state index in [1.165, 1.54) is 0 Å². The maximum absolute atomic E-state index is 12.9. The van der Waals surface area contributed by atoms with E-state index in [9.17, 15) is 14.7 Å². The summed E-state index contributed by atoms with van der Waals surface area (Å²) in [6.07, 6.45) is 3.98. The zero-order valence-electron chi connectivity index (χ0n) is 16.8. The van der Waals surface area contributed by atoms with Crippen molar-refractivity contribution in [1.82, 2.24) is 4.90 Å². The number of Topliss-reactive ketones (excluding diaryl/α,β-unsaturated/α-hetero) is 1. The summed E-state index contributed by atoms with van der Waals surface area (Å²) in [4.78, 5) is 27.3. The van der Waals surface area contributed by atoms with Crippen LogP contribution in [0.4, 0.5) is 0 Å². The largest absolute Gasteiger partial charge is 0.507 e. The number of carbonyl (C=O) groups is 2. The number of ketones is 1. The van der Waals surface area contributed by atoms with Crippen molar-refractivity contribution in [2.45, 2.75) is 45.6 Å². The van der Waals surface area contributed by atoms with Gasteiger partial charge in [-0.05, 0) is 31.0 Å². The highest BCUT2D eigenvalue weighted by molar-refractivity contribution is 6.46. The SMILES string of the molecule is CCCCCCN1C(=O)C(=O)/C(=C(/O)c2ccc(C)cc2)[C@@H]1c1ccc(Cl)cc1. The van der Waals surface area contributed by atoms with E-state index >= 15 is 0 Å². The van der Waals surface area contributed by atoms with Crippen molar-refractivity contribution in [2.75, 3.05) is 6.54 Å². The minimum absolute atomic E-state index is 0.136. The average molecular weight is 412 g/mol. The summed E-state index contributed by atoms with van der Waals surface area (Å²) >= 11 is 6.03. The number of aliphatic hydroxyl groups is 1. The maximum atomic E-state index is 12.9. The highest BCUT2D eigenvalue weighted by Gasteiger charge is 2.45. The highest BCUT2D eigenvalue weighted by Crippen LogP contribution is 2.39. The molecule has 1 aliphatic heterocycles. The highest BCUT2D eigenvalue weighted by atomic mass is 35.5. The number of benzene rings is 2. The number of nitrogens with zero attached hydrogens (tertiary/aromatic N) is 1. The molecular formula is C24H26ClNO3. The second-order valence-electron chi connectivity index (χ2n) is 7.47. The Morgan fingerprint density at radius 2 is 1.66 bits per heavy atom. The van der Waals surface area contributed by atoms with Crippen LogP contribution in [0.3, 0.4) is 0 Å². The number of hydrogen-bond donors (Lipinski definition) is 1. The smallest absolute Gasteiger partial charge is 0.295 e. The van der Waals surface area contributed by atoms with Gasteiger partial charge in [-0.2, -0.15) is 0 Å². The second-order valence-corrected chi connectivity index (χ2v) is 7.91. The lowest BCUT2D eigenvalue weighted by atomic mass is 9.95. The van der Waals surface area contributed by atoms with E-state index in [-0.39, 0.29) is 11.3 Å². The first-order chi connectivity index (χ1) is 13.9. The summed E-state index contributed by atoms with van der Waals surface area (Å²) in [6.45, 7) is 4.55. The number of rotatable bonds is 7. The van der Waals surface area contributed by atoms with E-state index in [2.05, 4.69) is 6.92 Å². The van der Waals surface area contributed by atoms with Gasteiger partial charge in [0, 0.05) is 17.1 Å². The van der Waals surface area contributed by atoms with Gasteiger partial charge in [0.05, 0.1) is 11.6 Å². The quantitative estimate of drug-likeness (QED) is 0.277. The van der Waals surface area contributed by atoms with Crippen LogP contribution in [0, 0.1) is 6.92 Å². The topological polar surface area (TPSA) is 57.6 Å².